The number of carboxylic acid groups (broad SMARTS) is 1. The Morgan fingerprint density at radius 2 is 2.17 bits per heavy atom. The van der Waals surface area contributed by atoms with Crippen LogP contribution < -0.4 is 5.32 Å². The molecule has 1 aromatic rings. The molecule has 0 aliphatic heterocycles. The highest BCUT2D eigenvalue weighted by Gasteiger charge is 2.21. The quantitative estimate of drug-likeness (QED) is 0.877. The molecule has 0 bridgehead atoms. The van der Waals surface area contributed by atoms with Gasteiger partial charge in [-0.25, -0.2) is 9.18 Å². The first-order chi connectivity index (χ1) is 8.45. The van der Waals surface area contributed by atoms with E-state index < -0.39 is 23.7 Å². The Balaban J connectivity index is 2.86. The van der Waals surface area contributed by atoms with Crippen LogP contribution >= 0.6 is 15.9 Å². The third-order valence-corrected chi connectivity index (χ3v) is 2.85. The first-order valence-electron chi connectivity index (χ1n) is 5.44. The van der Waals surface area contributed by atoms with Crippen molar-refractivity contribution in [3.05, 3.63) is 34.1 Å². The first kappa shape index (κ1) is 14.6. The van der Waals surface area contributed by atoms with Gasteiger partial charge in [-0.2, -0.15) is 0 Å². The van der Waals surface area contributed by atoms with Crippen molar-refractivity contribution in [3.8, 4) is 0 Å². The van der Waals surface area contributed by atoms with E-state index in [0.717, 1.165) is 6.07 Å². The van der Waals surface area contributed by atoms with Gasteiger partial charge in [0.05, 0.1) is 5.56 Å². The maximum Gasteiger partial charge on any atom is 0.326 e. The van der Waals surface area contributed by atoms with Crippen LogP contribution in [-0.2, 0) is 4.79 Å². The molecule has 4 nitrogen and oxygen atoms in total. The fourth-order valence-electron chi connectivity index (χ4n) is 1.45. The minimum Gasteiger partial charge on any atom is -0.480 e. The van der Waals surface area contributed by atoms with Crippen LogP contribution in [0.15, 0.2) is 22.7 Å². The SMILES string of the molecule is CCC[C@@H](NC(=O)c1cc(Br)ccc1F)C(=O)O. The summed E-state index contributed by atoms with van der Waals surface area (Å²) in [6, 6.07) is 2.93. The van der Waals surface area contributed by atoms with Crippen LogP contribution in [0.1, 0.15) is 30.1 Å². The largest absolute Gasteiger partial charge is 0.480 e. The lowest BCUT2D eigenvalue weighted by Crippen LogP contribution is -2.40. The standard InChI is InChI=1S/C12H13BrFNO3/c1-2-3-10(12(17)18)15-11(16)8-6-7(13)4-5-9(8)14/h4-6,10H,2-3H2,1H3,(H,15,16)(H,17,18)/t10-/m1/s1. The highest BCUT2D eigenvalue weighted by molar-refractivity contribution is 9.10. The van der Waals surface area contributed by atoms with Crippen molar-refractivity contribution < 1.29 is 19.1 Å². The van der Waals surface area contributed by atoms with Gasteiger partial charge in [-0.1, -0.05) is 29.3 Å². The minimum atomic E-state index is -1.12. The molecular weight excluding hydrogens is 305 g/mol. The highest BCUT2D eigenvalue weighted by atomic mass is 79.9. The summed E-state index contributed by atoms with van der Waals surface area (Å²) in [6.07, 6.45) is 0.912. The van der Waals surface area contributed by atoms with Gasteiger partial charge in [0, 0.05) is 4.47 Å². The van der Waals surface area contributed by atoms with Crippen LogP contribution in [0.25, 0.3) is 0 Å². The molecule has 0 radical (unpaired) electrons. The molecule has 0 aliphatic rings. The van der Waals surface area contributed by atoms with Gasteiger partial charge in [0.2, 0.25) is 0 Å². The molecule has 0 spiro atoms. The Kier molecular flexibility index (Phi) is 5.27. The number of hydrogen-bond donors (Lipinski definition) is 2. The molecule has 6 heteroatoms. The van der Waals surface area contributed by atoms with Gasteiger partial charge in [0.25, 0.3) is 5.91 Å². The number of carboxylic acids is 1. The molecule has 1 amide bonds. The van der Waals surface area contributed by atoms with Gasteiger partial charge < -0.3 is 10.4 Å². The number of nitrogens with one attached hydrogen (secondary N) is 1. The van der Waals surface area contributed by atoms with E-state index in [1.54, 1.807) is 0 Å². The monoisotopic (exact) mass is 317 g/mol. The van der Waals surface area contributed by atoms with Gasteiger partial charge in [0.1, 0.15) is 11.9 Å². The van der Waals surface area contributed by atoms with E-state index in [4.69, 9.17) is 5.11 Å². The lowest BCUT2D eigenvalue weighted by molar-refractivity contribution is -0.139. The van der Waals surface area contributed by atoms with E-state index >= 15 is 0 Å². The summed E-state index contributed by atoms with van der Waals surface area (Å²) in [5.74, 6) is -2.54. The lowest BCUT2D eigenvalue weighted by Gasteiger charge is -2.13. The zero-order chi connectivity index (χ0) is 13.7. The van der Waals surface area contributed by atoms with E-state index in [2.05, 4.69) is 21.2 Å². The molecule has 0 fully saturated rings. The van der Waals surface area contributed by atoms with Crippen molar-refractivity contribution >= 4 is 27.8 Å². The molecule has 2 N–H and O–H groups in total. The van der Waals surface area contributed by atoms with Crippen molar-refractivity contribution in [1.82, 2.24) is 5.32 Å². The molecular formula is C12H13BrFNO3. The molecule has 0 saturated heterocycles. The summed E-state index contributed by atoms with van der Waals surface area (Å²) in [5, 5.41) is 11.2. The molecule has 1 rings (SSSR count). The minimum absolute atomic E-state index is 0.174. The average Bonchev–Trinajstić information content (AvgIpc) is 2.31. The Labute approximate surface area is 112 Å². The summed E-state index contributed by atoms with van der Waals surface area (Å²) < 4.78 is 14.0. The van der Waals surface area contributed by atoms with Gasteiger partial charge in [-0.15, -0.1) is 0 Å². The topological polar surface area (TPSA) is 66.4 Å². The van der Waals surface area contributed by atoms with Crippen molar-refractivity contribution in [2.75, 3.05) is 0 Å². The molecule has 98 valence electrons. The van der Waals surface area contributed by atoms with Gasteiger partial charge in [-0.3, -0.25) is 4.79 Å². The normalized spacial score (nSPS) is 11.9. The van der Waals surface area contributed by atoms with Crippen LogP contribution in [0, 0.1) is 5.82 Å². The van der Waals surface area contributed by atoms with E-state index in [0.29, 0.717) is 17.3 Å². The molecule has 0 aliphatic carbocycles. The zero-order valence-electron chi connectivity index (χ0n) is 9.74. The van der Waals surface area contributed by atoms with Gasteiger partial charge >= 0.3 is 5.97 Å². The van der Waals surface area contributed by atoms with E-state index in [9.17, 15) is 14.0 Å². The second-order valence-corrected chi connectivity index (χ2v) is 4.69. The number of carbonyl (C=O) groups excluding carboxylic acids is 1. The number of carbonyl (C=O) groups is 2. The molecule has 0 heterocycles. The lowest BCUT2D eigenvalue weighted by atomic mass is 10.1. The first-order valence-corrected chi connectivity index (χ1v) is 6.23. The van der Waals surface area contributed by atoms with E-state index in [1.807, 2.05) is 6.92 Å². The number of benzene rings is 1. The summed E-state index contributed by atoms with van der Waals surface area (Å²) >= 11 is 3.13. The fourth-order valence-corrected chi connectivity index (χ4v) is 1.81. The van der Waals surface area contributed by atoms with Crippen LogP contribution in [-0.4, -0.2) is 23.0 Å². The molecule has 18 heavy (non-hydrogen) atoms. The molecule has 0 saturated carbocycles. The third-order valence-electron chi connectivity index (χ3n) is 2.35. The molecule has 1 atom stereocenters. The zero-order valence-corrected chi connectivity index (χ0v) is 11.3. The highest BCUT2D eigenvalue weighted by Crippen LogP contribution is 2.15. The second-order valence-electron chi connectivity index (χ2n) is 3.78. The van der Waals surface area contributed by atoms with Crippen molar-refractivity contribution in [3.63, 3.8) is 0 Å². The summed E-state index contributed by atoms with van der Waals surface area (Å²) in [7, 11) is 0. The second kappa shape index (κ2) is 6.49. The van der Waals surface area contributed by atoms with Gasteiger partial charge in [-0.05, 0) is 24.6 Å². The Bertz CT molecular complexity index is 465. The Morgan fingerprint density at radius 1 is 1.50 bits per heavy atom. The molecule has 1 aromatic carbocycles. The maximum absolute atomic E-state index is 13.4. The van der Waals surface area contributed by atoms with Crippen molar-refractivity contribution in [2.24, 2.45) is 0 Å². The predicted octanol–water partition coefficient (Wildman–Crippen LogP) is 2.57. The summed E-state index contributed by atoms with van der Waals surface area (Å²) in [5.41, 5.74) is -0.174. The summed E-state index contributed by atoms with van der Waals surface area (Å²) in [6.45, 7) is 1.81. The third kappa shape index (κ3) is 3.80. The smallest absolute Gasteiger partial charge is 0.326 e. The van der Waals surface area contributed by atoms with E-state index in [1.165, 1.54) is 12.1 Å². The maximum atomic E-state index is 13.4. The number of aliphatic carboxylic acids is 1. The molecule has 0 unspecified atom stereocenters. The Hall–Kier alpha value is -1.43. The molecule has 0 aromatic heterocycles. The van der Waals surface area contributed by atoms with Gasteiger partial charge in [0.15, 0.2) is 0 Å². The number of hydrogen-bond acceptors (Lipinski definition) is 2. The van der Waals surface area contributed by atoms with Crippen LogP contribution in [0.5, 0.6) is 0 Å². The average molecular weight is 318 g/mol. The van der Waals surface area contributed by atoms with E-state index in [-0.39, 0.29) is 5.56 Å². The summed E-state index contributed by atoms with van der Waals surface area (Å²) in [4.78, 5) is 22.7. The number of rotatable bonds is 5. The van der Waals surface area contributed by atoms with Crippen LogP contribution in [0.4, 0.5) is 4.39 Å². The van der Waals surface area contributed by atoms with Crippen LogP contribution in [0.2, 0.25) is 0 Å². The predicted molar refractivity (Wildman–Crippen MR) is 67.9 cm³/mol. The number of amides is 1. The number of halogens is 2. The Morgan fingerprint density at radius 3 is 2.72 bits per heavy atom. The van der Waals surface area contributed by atoms with Crippen LogP contribution in [0.3, 0.4) is 0 Å². The van der Waals surface area contributed by atoms with Crippen molar-refractivity contribution in [1.29, 1.82) is 0 Å². The fraction of sp³-hybridized carbons (Fsp3) is 0.333. The van der Waals surface area contributed by atoms with Crippen molar-refractivity contribution in [2.45, 2.75) is 25.8 Å².